The van der Waals surface area contributed by atoms with E-state index in [1.54, 1.807) is 0 Å². The van der Waals surface area contributed by atoms with Crippen molar-refractivity contribution in [2.75, 3.05) is 0 Å². The van der Waals surface area contributed by atoms with Gasteiger partial charge in [0, 0.05) is 20.9 Å². The molecule has 0 bridgehead atoms. The number of hydrogen-bond donors (Lipinski definition) is 0. The van der Waals surface area contributed by atoms with Gasteiger partial charge in [-0.1, -0.05) is 50.9 Å². The fourth-order valence-corrected chi connectivity index (χ4v) is 43.3. The Morgan fingerprint density at radius 2 is 1.21 bits per heavy atom. The molecule has 0 rings (SSSR count). The summed E-state index contributed by atoms with van der Waals surface area (Å²) in [5.74, 6) is 0. The van der Waals surface area contributed by atoms with Crippen molar-refractivity contribution in [3.63, 3.8) is 0 Å². The lowest BCUT2D eigenvalue weighted by Gasteiger charge is -2.43. The highest BCUT2D eigenvalue weighted by atomic mass is 29.6. The van der Waals surface area contributed by atoms with Gasteiger partial charge in [-0.3, -0.25) is 0 Å². The molecule has 0 heterocycles. The Kier molecular flexibility index (Phi) is 6.75. The second-order valence-corrected chi connectivity index (χ2v) is 37.4. The maximum Gasteiger partial charge on any atom is 0.184 e. The minimum absolute atomic E-state index is 0.428. The first-order valence-corrected chi connectivity index (χ1v) is 21.3. The van der Waals surface area contributed by atoms with E-state index in [1.165, 1.54) is 5.57 Å². The highest BCUT2D eigenvalue weighted by Crippen LogP contribution is 2.25. The molecule has 0 fully saturated rings. The molecule has 5 heteroatoms. The van der Waals surface area contributed by atoms with Crippen LogP contribution in [0.5, 0.6) is 0 Å². The van der Waals surface area contributed by atoms with E-state index in [2.05, 4.69) is 78.8 Å². The van der Waals surface area contributed by atoms with Crippen LogP contribution in [0.15, 0.2) is 11.6 Å². The summed E-state index contributed by atoms with van der Waals surface area (Å²) in [7, 11) is -4.18. The normalized spacial score (nSPS) is 15.6. The van der Waals surface area contributed by atoms with Gasteiger partial charge in [-0.25, -0.2) is 0 Å². The Morgan fingerprint density at radius 3 is 1.42 bits per heavy atom. The minimum atomic E-state index is -1.48. The van der Waals surface area contributed by atoms with Gasteiger partial charge in [0.15, 0.2) is 8.32 Å². The van der Waals surface area contributed by atoms with Gasteiger partial charge in [0.05, 0.1) is 7.83 Å². The van der Waals surface area contributed by atoms with Crippen molar-refractivity contribution in [2.24, 2.45) is 0 Å². The molecular formula is C14H35OSi4. The van der Waals surface area contributed by atoms with Crippen molar-refractivity contribution in [1.29, 1.82) is 0 Å². The summed E-state index contributed by atoms with van der Waals surface area (Å²) in [4.78, 5) is 0. The summed E-state index contributed by atoms with van der Waals surface area (Å²) in [6, 6.07) is 0. The first kappa shape index (κ1) is 19.6. The van der Waals surface area contributed by atoms with Gasteiger partial charge < -0.3 is 4.43 Å². The largest absolute Gasteiger partial charge is 0.415 e. The molecule has 0 aliphatic rings. The van der Waals surface area contributed by atoms with E-state index in [0.29, 0.717) is 5.73 Å². The van der Waals surface area contributed by atoms with Crippen molar-refractivity contribution in [2.45, 2.75) is 78.5 Å². The average Bonchev–Trinajstić information content (AvgIpc) is 1.90. The van der Waals surface area contributed by atoms with Crippen LogP contribution in [0.2, 0.25) is 58.9 Å². The molecular weight excluding hydrogens is 296 g/mol. The van der Waals surface area contributed by atoms with Gasteiger partial charge in [-0.2, -0.15) is 0 Å². The summed E-state index contributed by atoms with van der Waals surface area (Å²) in [6.07, 6.45) is 2.45. The zero-order valence-corrected chi connectivity index (χ0v) is 19.1. The van der Waals surface area contributed by atoms with E-state index in [1.807, 2.05) is 0 Å². The molecule has 1 atom stereocenters. The van der Waals surface area contributed by atoms with Crippen molar-refractivity contribution in [1.82, 2.24) is 0 Å². The average molecular weight is 332 g/mol. The number of allylic oxidation sites excluding steroid dienone is 1. The Morgan fingerprint density at radius 1 is 0.842 bits per heavy atom. The molecule has 0 saturated carbocycles. The van der Waals surface area contributed by atoms with E-state index in [4.69, 9.17) is 4.43 Å². The summed E-state index contributed by atoms with van der Waals surface area (Å²) in [6.45, 7) is 26.7. The van der Waals surface area contributed by atoms with Gasteiger partial charge in [0.2, 0.25) is 0 Å². The lowest BCUT2D eigenvalue weighted by molar-refractivity contribution is 0.315. The van der Waals surface area contributed by atoms with Gasteiger partial charge in [0.1, 0.15) is 0 Å². The lowest BCUT2D eigenvalue weighted by atomic mass is 10.3. The van der Waals surface area contributed by atoms with E-state index in [0.717, 1.165) is 0 Å². The molecule has 0 aromatic rings. The van der Waals surface area contributed by atoms with E-state index in [9.17, 15) is 0 Å². The second-order valence-electron chi connectivity index (χ2n) is 8.81. The van der Waals surface area contributed by atoms with Crippen LogP contribution in [0.1, 0.15) is 13.8 Å². The SMILES string of the molecule is CC(C)=CC(O[Si](C)(C)C)[Si]([Si](C)(C)C)[Si](C)(C)C. The monoisotopic (exact) mass is 331 g/mol. The third kappa shape index (κ3) is 7.80. The van der Waals surface area contributed by atoms with Crippen molar-refractivity contribution < 1.29 is 4.43 Å². The molecule has 0 aromatic heterocycles. The first-order valence-electron chi connectivity index (χ1n) is 7.35. The zero-order valence-electron chi connectivity index (χ0n) is 15.1. The smallest absolute Gasteiger partial charge is 0.184 e. The van der Waals surface area contributed by atoms with E-state index >= 15 is 0 Å². The van der Waals surface area contributed by atoms with Crippen molar-refractivity contribution in [3.8, 4) is 0 Å². The summed E-state index contributed by atoms with van der Waals surface area (Å²) >= 11 is 0. The molecule has 0 spiro atoms. The van der Waals surface area contributed by atoms with Gasteiger partial charge in [-0.15, -0.1) is 0 Å². The van der Waals surface area contributed by atoms with Crippen LogP contribution in [-0.4, -0.2) is 37.1 Å². The minimum Gasteiger partial charge on any atom is -0.415 e. The second kappa shape index (κ2) is 6.55. The van der Waals surface area contributed by atoms with Gasteiger partial charge in [-0.05, 0) is 33.5 Å². The fraction of sp³-hybridized carbons (Fsp3) is 0.857. The van der Waals surface area contributed by atoms with E-state index < -0.39 is 31.3 Å². The molecule has 0 saturated heterocycles. The molecule has 19 heavy (non-hydrogen) atoms. The summed E-state index contributed by atoms with van der Waals surface area (Å²) < 4.78 is 6.64. The maximum absolute atomic E-state index is 6.64. The molecule has 0 amide bonds. The Bertz CT molecular complexity index is 300. The van der Waals surface area contributed by atoms with E-state index in [-0.39, 0.29) is 0 Å². The van der Waals surface area contributed by atoms with Crippen LogP contribution in [0, 0.1) is 0 Å². The van der Waals surface area contributed by atoms with Gasteiger partial charge in [0.25, 0.3) is 0 Å². The van der Waals surface area contributed by atoms with Crippen molar-refractivity contribution >= 4 is 31.3 Å². The van der Waals surface area contributed by atoms with Crippen LogP contribution in [0.3, 0.4) is 0 Å². The molecule has 1 radical (unpaired) electrons. The van der Waals surface area contributed by atoms with Gasteiger partial charge >= 0.3 is 0 Å². The number of rotatable bonds is 6. The standard InChI is InChI=1S/C14H35OSi4/c1-13(2)12-14(15-17(3,4)5)16(18(6,7)8)19(9,10)11/h12,14H,1-11H3. The predicted molar refractivity (Wildman–Crippen MR) is 100 cm³/mol. The third-order valence-electron chi connectivity index (χ3n) is 2.87. The highest BCUT2D eigenvalue weighted by Gasteiger charge is 2.45. The Labute approximate surface area is 126 Å². The Hall–Kier alpha value is 0.568. The molecule has 0 N–H and O–H groups in total. The van der Waals surface area contributed by atoms with Crippen LogP contribution < -0.4 is 0 Å². The highest BCUT2D eigenvalue weighted by molar-refractivity contribution is 7.60. The number of hydrogen-bond acceptors (Lipinski definition) is 1. The summed E-state index contributed by atoms with van der Waals surface area (Å²) in [5.41, 5.74) is 1.86. The molecule has 0 aromatic carbocycles. The lowest BCUT2D eigenvalue weighted by Crippen LogP contribution is -2.66. The topological polar surface area (TPSA) is 9.23 Å². The molecule has 0 aliphatic heterocycles. The fourth-order valence-electron chi connectivity index (χ4n) is 2.84. The van der Waals surface area contributed by atoms with Crippen LogP contribution in [-0.2, 0) is 4.43 Å². The maximum atomic E-state index is 6.64. The molecule has 0 aliphatic carbocycles. The zero-order chi connectivity index (χ0) is 15.6. The molecule has 1 nitrogen and oxygen atoms in total. The van der Waals surface area contributed by atoms with Crippen LogP contribution in [0.25, 0.3) is 0 Å². The third-order valence-corrected chi connectivity index (χ3v) is 33.1. The Balaban J connectivity index is 5.58. The molecule has 113 valence electrons. The predicted octanol–water partition coefficient (Wildman–Crippen LogP) is 5.04. The van der Waals surface area contributed by atoms with Crippen LogP contribution >= 0.6 is 0 Å². The van der Waals surface area contributed by atoms with Crippen LogP contribution in [0.4, 0.5) is 0 Å². The first-order chi connectivity index (χ1) is 8.14. The van der Waals surface area contributed by atoms with Crippen molar-refractivity contribution in [3.05, 3.63) is 11.6 Å². The summed E-state index contributed by atoms with van der Waals surface area (Å²) in [5, 5.41) is 0. The quantitative estimate of drug-likeness (QED) is 0.489. The molecule has 1 unspecified atom stereocenters.